The molecule has 0 aromatic heterocycles. The lowest BCUT2D eigenvalue weighted by Crippen LogP contribution is -2.45. The van der Waals surface area contributed by atoms with Gasteiger partial charge in [-0.15, -0.1) is 0 Å². The zero-order valence-electron chi connectivity index (χ0n) is 8.02. The summed E-state index contributed by atoms with van der Waals surface area (Å²) in [7, 11) is 0. The van der Waals surface area contributed by atoms with Crippen molar-refractivity contribution in [3.8, 4) is 0 Å². The Balaban J connectivity index is 2.76. The molecule has 0 heterocycles. The molecule has 0 bridgehead atoms. The van der Waals surface area contributed by atoms with Crippen molar-refractivity contribution in [3.63, 3.8) is 0 Å². The van der Waals surface area contributed by atoms with E-state index in [0.717, 1.165) is 12.8 Å². The number of aliphatic hydroxyl groups is 1. The van der Waals surface area contributed by atoms with Crippen LogP contribution < -0.4 is 0 Å². The van der Waals surface area contributed by atoms with Crippen LogP contribution in [0.4, 0.5) is 0 Å². The predicted molar refractivity (Wildman–Crippen MR) is 47.1 cm³/mol. The van der Waals surface area contributed by atoms with E-state index in [1.807, 2.05) is 0 Å². The van der Waals surface area contributed by atoms with Gasteiger partial charge in [-0.2, -0.15) is 0 Å². The van der Waals surface area contributed by atoms with Crippen LogP contribution in [0.2, 0.25) is 0 Å². The maximum Gasteiger partial charge on any atom is 0.0642 e. The van der Waals surface area contributed by atoms with E-state index in [9.17, 15) is 5.11 Å². The van der Waals surface area contributed by atoms with Gasteiger partial charge in [0.25, 0.3) is 0 Å². The fraction of sp³-hybridized carbons (Fsp3) is 0.900. The third-order valence-electron chi connectivity index (χ3n) is 2.82. The molecule has 0 aliphatic heterocycles. The number of hydrogen-bond donors (Lipinski definition) is 1. The molecule has 0 unspecified atom stereocenters. The van der Waals surface area contributed by atoms with Crippen molar-refractivity contribution in [1.29, 1.82) is 0 Å². The Kier molecular flexibility index (Phi) is 2.04. The van der Waals surface area contributed by atoms with Crippen LogP contribution in [0.15, 0.2) is 0 Å². The van der Waals surface area contributed by atoms with E-state index in [2.05, 4.69) is 34.1 Å². The first-order valence-corrected chi connectivity index (χ1v) is 4.36. The maximum absolute atomic E-state index is 9.94. The quantitative estimate of drug-likeness (QED) is 0.569. The van der Waals surface area contributed by atoms with E-state index >= 15 is 0 Å². The summed E-state index contributed by atoms with van der Waals surface area (Å²) in [6.07, 6.45) is 4.21. The van der Waals surface area contributed by atoms with Gasteiger partial charge in [0, 0.05) is 0 Å². The summed E-state index contributed by atoms with van der Waals surface area (Å²) in [5.74, 6) is 0. The third kappa shape index (κ3) is 1.58. The summed E-state index contributed by atoms with van der Waals surface area (Å²) in [6, 6.07) is 0. The summed E-state index contributed by atoms with van der Waals surface area (Å²) >= 11 is 0. The van der Waals surface area contributed by atoms with Crippen LogP contribution in [0.25, 0.3) is 0 Å². The highest BCUT2D eigenvalue weighted by Crippen LogP contribution is 2.45. The lowest BCUT2D eigenvalue weighted by molar-refractivity contribution is -0.0599. The van der Waals surface area contributed by atoms with Gasteiger partial charge in [-0.05, 0) is 30.1 Å². The van der Waals surface area contributed by atoms with Gasteiger partial charge in [0.05, 0.1) is 6.10 Å². The van der Waals surface area contributed by atoms with Gasteiger partial charge >= 0.3 is 0 Å². The largest absolute Gasteiger partial charge is 0.392 e. The Labute approximate surface area is 69.8 Å². The second-order valence-corrected chi connectivity index (χ2v) is 5.08. The van der Waals surface area contributed by atoms with Crippen LogP contribution >= 0.6 is 0 Å². The van der Waals surface area contributed by atoms with Gasteiger partial charge in [-0.3, -0.25) is 0 Å². The van der Waals surface area contributed by atoms with E-state index < -0.39 is 0 Å². The highest BCUT2D eigenvalue weighted by molar-refractivity contribution is 4.99. The average Bonchev–Trinajstić information content (AvgIpc) is 1.82. The molecule has 1 saturated carbocycles. The molecule has 0 atom stereocenters. The number of hydrogen-bond acceptors (Lipinski definition) is 1. The molecule has 0 amide bonds. The molecule has 0 saturated heterocycles. The minimum Gasteiger partial charge on any atom is -0.392 e. The Morgan fingerprint density at radius 3 is 1.73 bits per heavy atom. The standard InChI is InChI=1S/C10H19O/c1-9(2)6-5-7-10(3,4)8(9)11/h5,8,11H,6-7H2,1-4H3. The molecule has 1 nitrogen and oxygen atoms in total. The van der Waals surface area contributed by atoms with Gasteiger partial charge in [-0.1, -0.05) is 27.7 Å². The van der Waals surface area contributed by atoms with Crippen LogP contribution in [0.5, 0.6) is 0 Å². The smallest absolute Gasteiger partial charge is 0.0642 e. The molecule has 1 aliphatic carbocycles. The van der Waals surface area contributed by atoms with Crippen molar-refractivity contribution < 1.29 is 5.11 Å². The zero-order chi connectivity index (χ0) is 8.70. The fourth-order valence-electron chi connectivity index (χ4n) is 2.10. The average molecular weight is 155 g/mol. The van der Waals surface area contributed by atoms with Crippen molar-refractivity contribution >= 4 is 0 Å². The van der Waals surface area contributed by atoms with Crippen molar-refractivity contribution in [2.45, 2.75) is 46.6 Å². The van der Waals surface area contributed by atoms with Gasteiger partial charge in [-0.25, -0.2) is 0 Å². The molecule has 0 spiro atoms. The Morgan fingerprint density at radius 2 is 1.45 bits per heavy atom. The predicted octanol–water partition coefficient (Wildman–Crippen LogP) is 2.40. The van der Waals surface area contributed by atoms with E-state index in [1.165, 1.54) is 0 Å². The highest BCUT2D eigenvalue weighted by atomic mass is 16.3. The lowest BCUT2D eigenvalue weighted by Gasteiger charge is -2.45. The van der Waals surface area contributed by atoms with Crippen molar-refractivity contribution in [2.24, 2.45) is 10.8 Å². The molecule has 1 aliphatic rings. The molecule has 0 aromatic carbocycles. The summed E-state index contributed by atoms with van der Waals surface area (Å²) < 4.78 is 0. The summed E-state index contributed by atoms with van der Waals surface area (Å²) in [5, 5.41) is 9.94. The van der Waals surface area contributed by atoms with Gasteiger partial charge in [0.1, 0.15) is 0 Å². The fourth-order valence-corrected chi connectivity index (χ4v) is 2.10. The zero-order valence-corrected chi connectivity index (χ0v) is 8.02. The molecular weight excluding hydrogens is 136 g/mol. The first-order valence-electron chi connectivity index (χ1n) is 4.36. The molecule has 1 heteroatoms. The van der Waals surface area contributed by atoms with Gasteiger partial charge < -0.3 is 5.11 Å². The van der Waals surface area contributed by atoms with Gasteiger partial charge in [0.2, 0.25) is 0 Å². The summed E-state index contributed by atoms with van der Waals surface area (Å²) in [5.41, 5.74) is 0.142. The lowest BCUT2D eigenvalue weighted by atomic mass is 9.63. The molecular formula is C10H19O. The summed E-state index contributed by atoms with van der Waals surface area (Å²) in [6.45, 7) is 8.54. The number of rotatable bonds is 0. The Bertz CT molecular complexity index is 131. The van der Waals surface area contributed by atoms with Crippen molar-refractivity contribution in [1.82, 2.24) is 0 Å². The Morgan fingerprint density at radius 1 is 1.09 bits per heavy atom. The summed E-state index contributed by atoms with van der Waals surface area (Å²) in [4.78, 5) is 0. The minimum atomic E-state index is -0.167. The third-order valence-corrected chi connectivity index (χ3v) is 2.82. The topological polar surface area (TPSA) is 20.2 Å². The van der Waals surface area contributed by atoms with Crippen LogP contribution in [0.3, 0.4) is 0 Å². The van der Waals surface area contributed by atoms with Crippen LogP contribution in [0, 0.1) is 17.3 Å². The maximum atomic E-state index is 9.94. The van der Waals surface area contributed by atoms with Crippen LogP contribution in [0.1, 0.15) is 40.5 Å². The van der Waals surface area contributed by atoms with E-state index in [4.69, 9.17) is 0 Å². The molecule has 65 valence electrons. The Hall–Kier alpha value is -0.0400. The van der Waals surface area contributed by atoms with E-state index in [-0.39, 0.29) is 16.9 Å². The monoisotopic (exact) mass is 155 g/mol. The van der Waals surface area contributed by atoms with Crippen molar-refractivity contribution in [2.75, 3.05) is 0 Å². The van der Waals surface area contributed by atoms with Crippen molar-refractivity contribution in [3.05, 3.63) is 6.42 Å². The normalized spacial score (nSPS) is 30.3. The van der Waals surface area contributed by atoms with Crippen LogP contribution in [-0.4, -0.2) is 11.2 Å². The van der Waals surface area contributed by atoms with Crippen LogP contribution in [-0.2, 0) is 0 Å². The molecule has 1 fully saturated rings. The molecule has 11 heavy (non-hydrogen) atoms. The number of aliphatic hydroxyl groups excluding tert-OH is 1. The second-order valence-electron chi connectivity index (χ2n) is 5.08. The second kappa shape index (κ2) is 2.48. The first-order chi connectivity index (χ1) is 4.86. The van der Waals surface area contributed by atoms with E-state index in [1.54, 1.807) is 0 Å². The van der Waals surface area contributed by atoms with E-state index in [0.29, 0.717) is 0 Å². The molecule has 1 radical (unpaired) electrons. The highest BCUT2D eigenvalue weighted by Gasteiger charge is 2.42. The van der Waals surface area contributed by atoms with Gasteiger partial charge in [0.15, 0.2) is 0 Å². The molecule has 1 N–H and O–H groups in total. The first kappa shape index (κ1) is 9.05. The minimum absolute atomic E-state index is 0.0712. The molecule has 0 aromatic rings. The molecule has 1 rings (SSSR count). The SMILES string of the molecule is CC1(C)C[CH]CC(C)(C)C1O.